The number of amides is 1. The molecule has 0 aromatic heterocycles. The van der Waals surface area contributed by atoms with Crippen molar-refractivity contribution in [1.82, 2.24) is 9.80 Å². The third-order valence-corrected chi connectivity index (χ3v) is 8.83. The van der Waals surface area contributed by atoms with Crippen LogP contribution in [-0.4, -0.2) is 108 Å². The van der Waals surface area contributed by atoms with E-state index in [-0.39, 0.29) is 24.2 Å². The number of likely N-dealkylation sites (tertiary alicyclic amines) is 1. The second kappa shape index (κ2) is 11.0. The van der Waals surface area contributed by atoms with Crippen LogP contribution in [0.15, 0.2) is 6.07 Å². The maximum Gasteiger partial charge on any atom is 0.225 e. The van der Waals surface area contributed by atoms with Crippen LogP contribution in [0.5, 0.6) is 5.75 Å². The Morgan fingerprint density at radius 1 is 1.18 bits per heavy atom. The molecule has 0 bridgehead atoms. The molecule has 1 amide bonds. The number of fused-ring (bicyclic) bond motifs is 2. The van der Waals surface area contributed by atoms with E-state index < -0.39 is 65.7 Å². The van der Waals surface area contributed by atoms with E-state index in [1.54, 1.807) is 19.0 Å². The summed E-state index contributed by atoms with van der Waals surface area (Å²) in [5.41, 5.74) is 4.58. The van der Waals surface area contributed by atoms with Crippen LogP contribution in [0.4, 0.5) is 5.69 Å². The lowest BCUT2D eigenvalue weighted by atomic mass is 9.56. The average Bonchev–Trinajstić information content (AvgIpc) is 3.36. The normalized spacial score (nSPS) is 27.8. The van der Waals surface area contributed by atoms with E-state index in [9.17, 15) is 34.5 Å². The number of aromatic hydroxyl groups is 1. The smallest absolute Gasteiger partial charge is 0.225 e. The summed E-state index contributed by atoms with van der Waals surface area (Å²) in [7, 11) is 7.02. The molecule has 214 valence electrons. The summed E-state index contributed by atoms with van der Waals surface area (Å²) in [5.74, 6) is -6.91. The molecular formula is C28H40N4O7. The van der Waals surface area contributed by atoms with Gasteiger partial charge in [0.2, 0.25) is 5.91 Å². The Labute approximate surface area is 228 Å². The van der Waals surface area contributed by atoms with Crippen LogP contribution in [0.3, 0.4) is 0 Å². The highest BCUT2D eigenvalue weighted by atomic mass is 16.3. The number of ketones is 3. The molecule has 2 aliphatic carbocycles. The van der Waals surface area contributed by atoms with Gasteiger partial charge in [0.05, 0.1) is 24.5 Å². The second-order valence-electron chi connectivity index (χ2n) is 11.7. The van der Waals surface area contributed by atoms with E-state index in [2.05, 4.69) is 4.90 Å². The summed E-state index contributed by atoms with van der Waals surface area (Å²) in [6.07, 6.45) is 1.59. The number of hydrogen-bond donors (Lipinski definition) is 4. The number of likely N-dealkylation sites (N-methyl/N-ethyl adjacent to an activating group) is 1. The molecule has 1 aromatic rings. The fraction of sp³-hybridized carbons (Fsp3) is 0.643. The van der Waals surface area contributed by atoms with Crippen molar-refractivity contribution >= 4 is 28.9 Å². The topological polar surface area (TPSA) is 165 Å². The molecule has 5 N–H and O–H groups in total. The van der Waals surface area contributed by atoms with Crippen LogP contribution in [0.2, 0.25) is 0 Å². The van der Waals surface area contributed by atoms with Gasteiger partial charge in [-0.3, -0.25) is 24.1 Å². The molecule has 4 rings (SSSR count). The number of phenolic OH excluding ortho intramolecular Hbond substituents is 1. The average molecular weight is 545 g/mol. The molecule has 1 aliphatic heterocycles. The Bertz CT molecular complexity index is 1180. The van der Waals surface area contributed by atoms with Gasteiger partial charge in [-0.05, 0) is 70.4 Å². The van der Waals surface area contributed by atoms with Crippen molar-refractivity contribution in [1.29, 1.82) is 0 Å². The van der Waals surface area contributed by atoms with Gasteiger partial charge in [-0.1, -0.05) is 0 Å². The number of nitrogens with zero attached hydrogens (tertiary/aromatic N) is 3. The summed E-state index contributed by atoms with van der Waals surface area (Å²) >= 11 is 0. The van der Waals surface area contributed by atoms with Crippen molar-refractivity contribution in [2.45, 2.75) is 50.3 Å². The third-order valence-electron chi connectivity index (χ3n) is 8.83. The van der Waals surface area contributed by atoms with Gasteiger partial charge < -0.3 is 30.9 Å². The lowest BCUT2D eigenvalue weighted by Gasteiger charge is -2.49. The lowest BCUT2D eigenvalue weighted by Crippen LogP contribution is -2.67. The molecule has 39 heavy (non-hydrogen) atoms. The van der Waals surface area contributed by atoms with Crippen LogP contribution in [-0.2, 0) is 27.3 Å². The summed E-state index contributed by atoms with van der Waals surface area (Å²) in [6.45, 7) is 1.78. The first-order valence-corrected chi connectivity index (χ1v) is 13.5. The number of carbonyl (C=O) groups is 4. The van der Waals surface area contributed by atoms with Crippen LogP contribution in [0.1, 0.15) is 47.2 Å². The predicted molar refractivity (Wildman–Crippen MR) is 143 cm³/mol. The van der Waals surface area contributed by atoms with E-state index in [0.717, 1.165) is 31.6 Å². The van der Waals surface area contributed by atoms with Crippen LogP contribution >= 0.6 is 0 Å². The number of benzene rings is 1. The minimum absolute atomic E-state index is 0.0551. The van der Waals surface area contributed by atoms with Gasteiger partial charge in [0.25, 0.3) is 0 Å². The van der Waals surface area contributed by atoms with Crippen molar-refractivity contribution in [3.05, 3.63) is 22.8 Å². The van der Waals surface area contributed by atoms with E-state index in [1.807, 2.05) is 25.1 Å². The Morgan fingerprint density at radius 2 is 1.82 bits per heavy atom. The molecule has 0 spiro atoms. The quantitative estimate of drug-likeness (QED) is 0.304. The fourth-order valence-electron chi connectivity index (χ4n) is 6.87. The SMILES string of the molecule is CN(C)c1cc(CN2CCCC2)c(O)c2c1C[C@H]1C[C@@H](C(CO)N(C)C)[C@@](O)(C(=O)CC(N)=O)C(=O)C1C2=O. The van der Waals surface area contributed by atoms with Gasteiger partial charge in [0, 0.05) is 43.9 Å². The zero-order valence-electron chi connectivity index (χ0n) is 23.1. The minimum atomic E-state index is -2.69. The first-order valence-electron chi connectivity index (χ1n) is 13.5. The molecule has 3 aliphatic rings. The molecule has 11 nitrogen and oxygen atoms in total. The number of aliphatic hydroxyl groups excluding tert-OH is 1. The molecule has 2 fully saturated rings. The number of phenols is 1. The van der Waals surface area contributed by atoms with E-state index in [4.69, 9.17) is 5.73 Å². The van der Waals surface area contributed by atoms with Crippen LogP contribution in [0.25, 0.3) is 0 Å². The van der Waals surface area contributed by atoms with Gasteiger partial charge >= 0.3 is 0 Å². The standard InChI is InChI=1S/C28H40N4O7/c1-30(2)19-11-16(13-32-7-5-6-8-32)25(36)24-17(19)9-15-10-18(20(14-33)31(3)4)28(39,21(34)12-22(29)35)27(38)23(15)26(24)37/h11,15,18,20,23,33,36,39H,5-10,12-14H2,1-4H3,(H2,29,35)/t15-,18-,20?,23?,28+/m0/s1. The first-order chi connectivity index (χ1) is 18.3. The Balaban J connectivity index is 1.84. The molecule has 11 heteroatoms. The van der Waals surface area contributed by atoms with Gasteiger partial charge in [-0.25, -0.2) is 0 Å². The summed E-state index contributed by atoms with van der Waals surface area (Å²) in [5, 5.41) is 33.3. The number of carbonyl (C=O) groups excluding carboxylic acids is 4. The zero-order chi connectivity index (χ0) is 28.8. The number of rotatable bonds is 9. The molecule has 1 saturated heterocycles. The van der Waals surface area contributed by atoms with E-state index in [1.165, 1.54) is 0 Å². The highest BCUT2D eigenvalue weighted by Gasteiger charge is 2.63. The minimum Gasteiger partial charge on any atom is -0.507 e. The molecule has 0 radical (unpaired) electrons. The first kappa shape index (κ1) is 29.1. The number of Topliss-reactive ketones (excluding diaryl/α,β-unsaturated/α-hetero) is 3. The highest BCUT2D eigenvalue weighted by molar-refractivity contribution is 6.24. The van der Waals surface area contributed by atoms with Gasteiger partial charge in [-0.2, -0.15) is 0 Å². The molecule has 1 heterocycles. The largest absolute Gasteiger partial charge is 0.507 e. The third kappa shape index (κ3) is 4.97. The van der Waals surface area contributed by atoms with Gasteiger partial charge in [0.1, 0.15) is 5.75 Å². The number of primary amides is 1. The zero-order valence-corrected chi connectivity index (χ0v) is 23.1. The van der Waals surface area contributed by atoms with Crippen molar-refractivity contribution in [2.24, 2.45) is 23.5 Å². The van der Waals surface area contributed by atoms with E-state index in [0.29, 0.717) is 17.7 Å². The van der Waals surface area contributed by atoms with Gasteiger partial charge in [-0.15, -0.1) is 0 Å². The van der Waals surface area contributed by atoms with Gasteiger partial charge in [0.15, 0.2) is 23.0 Å². The number of hydrogen-bond acceptors (Lipinski definition) is 10. The highest BCUT2D eigenvalue weighted by Crippen LogP contribution is 2.50. The Kier molecular flexibility index (Phi) is 8.18. The maximum absolute atomic E-state index is 14.1. The summed E-state index contributed by atoms with van der Waals surface area (Å²) in [6, 6.07) is 1.10. The van der Waals surface area contributed by atoms with Crippen molar-refractivity contribution in [2.75, 3.05) is 52.8 Å². The van der Waals surface area contributed by atoms with Crippen molar-refractivity contribution in [3.63, 3.8) is 0 Å². The number of nitrogens with two attached hydrogens (primary N) is 1. The van der Waals surface area contributed by atoms with Crippen LogP contribution in [0, 0.1) is 17.8 Å². The second-order valence-corrected chi connectivity index (χ2v) is 11.7. The number of aliphatic hydroxyl groups is 2. The Morgan fingerprint density at radius 3 is 2.36 bits per heavy atom. The van der Waals surface area contributed by atoms with Crippen molar-refractivity contribution < 1.29 is 34.5 Å². The van der Waals surface area contributed by atoms with Crippen LogP contribution < -0.4 is 10.6 Å². The molecular weight excluding hydrogens is 504 g/mol. The molecule has 1 saturated carbocycles. The maximum atomic E-state index is 14.1. The summed E-state index contributed by atoms with van der Waals surface area (Å²) in [4.78, 5) is 58.7. The summed E-state index contributed by atoms with van der Waals surface area (Å²) < 4.78 is 0. The molecule has 5 atom stereocenters. The van der Waals surface area contributed by atoms with Crippen molar-refractivity contribution in [3.8, 4) is 5.75 Å². The van der Waals surface area contributed by atoms with E-state index >= 15 is 0 Å². The predicted octanol–water partition coefficient (Wildman–Crippen LogP) is -0.288. The number of anilines is 1. The monoisotopic (exact) mass is 544 g/mol. The fourth-order valence-corrected chi connectivity index (χ4v) is 6.87. The molecule has 2 unspecified atom stereocenters. The molecule has 1 aromatic carbocycles. The Hall–Kier alpha value is -2.86. The lowest BCUT2D eigenvalue weighted by molar-refractivity contribution is -0.171.